The Morgan fingerprint density at radius 2 is 2.20 bits per heavy atom. The van der Waals surface area contributed by atoms with Crippen molar-refractivity contribution in [1.29, 1.82) is 0 Å². The van der Waals surface area contributed by atoms with E-state index in [1.165, 1.54) is 16.6 Å². The van der Waals surface area contributed by atoms with Gasteiger partial charge in [0.15, 0.2) is 5.78 Å². The molecule has 3 nitrogen and oxygen atoms in total. The molecule has 3 heterocycles. The Balaban J connectivity index is 1.78. The highest BCUT2D eigenvalue weighted by molar-refractivity contribution is 8.00. The van der Waals surface area contributed by atoms with Crippen molar-refractivity contribution >= 4 is 50.4 Å². The van der Waals surface area contributed by atoms with E-state index in [0.29, 0.717) is 5.75 Å². The number of carbonyl (C=O) groups excluding carboxylic acids is 1. The van der Waals surface area contributed by atoms with E-state index < -0.39 is 0 Å². The van der Waals surface area contributed by atoms with Crippen molar-refractivity contribution in [3.63, 3.8) is 0 Å². The highest BCUT2D eigenvalue weighted by Crippen LogP contribution is 2.29. The number of nitrogens with zero attached hydrogens (tertiary/aromatic N) is 2. The molecule has 0 spiro atoms. The second-order valence-corrected chi connectivity index (χ2v) is 7.68. The molecule has 102 valence electrons. The summed E-state index contributed by atoms with van der Waals surface area (Å²) in [6.07, 6.45) is 1.56. The van der Waals surface area contributed by atoms with E-state index >= 15 is 0 Å². The number of carbonyl (C=O) groups is 1. The molecule has 3 aromatic rings. The third-order valence-electron chi connectivity index (χ3n) is 2.91. The van der Waals surface area contributed by atoms with Gasteiger partial charge in [0.25, 0.3) is 0 Å². The summed E-state index contributed by atoms with van der Waals surface area (Å²) in [5.74, 6) is 0.581. The van der Waals surface area contributed by atoms with E-state index in [4.69, 9.17) is 0 Å². The molecular formula is C14H12N2OS3. The molecule has 0 radical (unpaired) electrons. The molecule has 3 rings (SSSR count). The average molecular weight is 320 g/mol. The smallest absolute Gasteiger partial charge is 0.174 e. The van der Waals surface area contributed by atoms with E-state index in [9.17, 15) is 4.79 Å². The van der Waals surface area contributed by atoms with Crippen LogP contribution in [-0.2, 0) is 0 Å². The van der Waals surface area contributed by atoms with E-state index in [0.717, 1.165) is 25.7 Å². The van der Waals surface area contributed by atoms with Gasteiger partial charge in [-0.25, -0.2) is 9.97 Å². The number of ketones is 1. The van der Waals surface area contributed by atoms with Gasteiger partial charge in [-0.3, -0.25) is 4.79 Å². The second kappa shape index (κ2) is 5.63. The molecule has 3 aromatic heterocycles. The van der Waals surface area contributed by atoms with Gasteiger partial charge in [0.2, 0.25) is 0 Å². The average Bonchev–Trinajstić information content (AvgIpc) is 3.02. The third kappa shape index (κ3) is 2.63. The first-order valence-corrected chi connectivity index (χ1v) is 8.74. The molecule has 0 saturated heterocycles. The number of thioether (sulfide) groups is 1. The molecular weight excluding hydrogens is 308 g/mol. The number of rotatable bonds is 4. The van der Waals surface area contributed by atoms with Crippen molar-refractivity contribution < 1.29 is 4.79 Å². The number of thiophene rings is 2. The Labute approximate surface area is 129 Å². The van der Waals surface area contributed by atoms with Gasteiger partial charge >= 0.3 is 0 Å². The quantitative estimate of drug-likeness (QED) is 0.407. The molecule has 0 fully saturated rings. The van der Waals surface area contributed by atoms with Crippen LogP contribution in [0.1, 0.15) is 20.1 Å². The van der Waals surface area contributed by atoms with Gasteiger partial charge in [0.05, 0.1) is 5.75 Å². The van der Waals surface area contributed by atoms with Crippen molar-refractivity contribution in [3.8, 4) is 0 Å². The van der Waals surface area contributed by atoms with E-state index in [1.54, 1.807) is 29.0 Å². The summed E-state index contributed by atoms with van der Waals surface area (Å²) in [6.45, 7) is 4.03. The van der Waals surface area contributed by atoms with Crippen LogP contribution in [0.25, 0.3) is 10.2 Å². The summed E-state index contributed by atoms with van der Waals surface area (Å²) in [6, 6.07) is 3.98. The highest BCUT2D eigenvalue weighted by atomic mass is 32.2. The van der Waals surface area contributed by atoms with Crippen molar-refractivity contribution in [2.24, 2.45) is 0 Å². The lowest BCUT2D eigenvalue weighted by molar-refractivity contribution is 0.102. The molecule has 0 aliphatic carbocycles. The lowest BCUT2D eigenvalue weighted by Gasteiger charge is -2.01. The zero-order chi connectivity index (χ0) is 14.1. The molecule has 20 heavy (non-hydrogen) atoms. The number of Topliss-reactive ketones (excluding diaryl/α,β-unsaturated/α-hetero) is 1. The Bertz CT molecular complexity index is 776. The first kappa shape index (κ1) is 13.7. The zero-order valence-corrected chi connectivity index (χ0v) is 13.5. The number of aromatic nitrogens is 2. The monoisotopic (exact) mass is 320 g/mol. The molecule has 0 aliphatic heterocycles. The van der Waals surface area contributed by atoms with E-state index in [2.05, 4.69) is 9.97 Å². The fraction of sp³-hybridized carbons (Fsp3) is 0.214. The lowest BCUT2D eigenvalue weighted by Crippen LogP contribution is -2.02. The molecule has 0 N–H and O–H groups in total. The summed E-state index contributed by atoms with van der Waals surface area (Å²) >= 11 is 4.75. The van der Waals surface area contributed by atoms with Crippen LogP contribution in [0.4, 0.5) is 0 Å². The molecule has 6 heteroatoms. The predicted molar refractivity (Wildman–Crippen MR) is 86.3 cm³/mol. The molecule has 0 amide bonds. The van der Waals surface area contributed by atoms with Gasteiger partial charge in [0, 0.05) is 20.7 Å². The Kier molecular flexibility index (Phi) is 3.87. The largest absolute Gasteiger partial charge is 0.293 e. The van der Waals surface area contributed by atoms with Crippen molar-refractivity contribution in [2.45, 2.75) is 18.9 Å². The van der Waals surface area contributed by atoms with Crippen molar-refractivity contribution in [3.05, 3.63) is 39.2 Å². The first-order chi connectivity index (χ1) is 9.65. The minimum absolute atomic E-state index is 0.166. The highest BCUT2D eigenvalue weighted by Gasteiger charge is 2.14. The zero-order valence-electron chi connectivity index (χ0n) is 11.0. The Hall–Kier alpha value is -1.24. The number of hydrogen-bond donors (Lipinski definition) is 0. The maximum atomic E-state index is 12.3. The molecule has 0 unspecified atom stereocenters. The van der Waals surface area contributed by atoms with Crippen LogP contribution in [0.2, 0.25) is 0 Å². The van der Waals surface area contributed by atoms with Crippen LogP contribution in [0.5, 0.6) is 0 Å². The lowest BCUT2D eigenvalue weighted by atomic mass is 10.2. The van der Waals surface area contributed by atoms with Gasteiger partial charge in [-0.15, -0.1) is 22.7 Å². The van der Waals surface area contributed by atoms with Gasteiger partial charge in [-0.05, 0) is 31.4 Å². The molecule has 0 atom stereocenters. The van der Waals surface area contributed by atoms with Gasteiger partial charge in [-0.2, -0.15) is 0 Å². The first-order valence-electron chi connectivity index (χ1n) is 6.06. The maximum absolute atomic E-state index is 12.3. The summed E-state index contributed by atoms with van der Waals surface area (Å²) < 4.78 is 0. The Morgan fingerprint density at radius 3 is 2.95 bits per heavy atom. The molecule has 0 bridgehead atoms. The fourth-order valence-corrected chi connectivity index (χ4v) is 4.61. The van der Waals surface area contributed by atoms with Gasteiger partial charge in [0.1, 0.15) is 16.2 Å². The minimum atomic E-state index is 0.166. The topological polar surface area (TPSA) is 42.9 Å². The molecule has 0 aliphatic rings. The summed E-state index contributed by atoms with van der Waals surface area (Å²) in [5, 5.41) is 3.92. The van der Waals surface area contributed by atoms with Crippen LogP contribution in [0.3, 0.4) is 0 Å². The SMILES string of the molecule is Cc1cc(C(=O)CSc2ncnc3sccc23)c(C)s1. The second-order valence-electron chi connectivity index (χ2n) is 4.36. The normalized spacial score (nSPS) is 11.1. The standard InChI is InChI=1S/C14H12N2OS3/c1-8-5-11(9(2)20-8)12(17)6-19-14-10-3-4-18-13(10)15-7-16-14/h3-5,7H,6H2,1-2H3. The van der Waals surface area contributed by atoms with Crippen molar-refractivity contribution in [1.82, 2.24) is 9.97 Å². The van der Waals surface area contributed by atoms with Gasteiger partial charge in [-0.1, -0.05) is 11.8 Å². The van der Waals surface area contributed by atoms with Crippen LogP contribution >= 0.6 is 34.4 Å². The van der Waals surface area contributed by atoms with Crippen LogP contribution < -0.4 is 0 Å². The van der Waals surface area contributed by atoms with Crippen molar-refractivity contribution in [2.75, 3.05) is 5.75 Å². The number of fused-ring (bicyclic) bond motifs is 1. The minimum Gasteiger partial charge on any atom is -0.293 e. The van der Waals surface area contributed by atoms with Crippen LogP contribution in [-0.4, -0.2) is 21.5 Å². The Morgan fingerprint density at radius 1 is 1.35 bits per heavy atom. The van der Waals surface area contributed by atoms with E-state index in [1.807, 2.05) is 31.4 Å². The number of aryl methyl sites for hydroxylation is 2. The van der Waals surface area contributed by atoms with Crippen LogP contribution in [0, 0.1) is 13.8 Å². The third-order valence-corrected chi connectivity index (χ3v) is 5.70. The maximum Gasteiger partial charge on any atom is 0.174 e. The van der Waals surface area contributed by atoms with E-state index in [-0.39, 0.29) is 5.78 Å². The fourth-order valence-electron chi connectivity index (χ4n) is 2.00. The molecule has 0 aromatic carbocycles. The predicted octanol–water partition coefficient (Wildman–Crippen LogP) is 4.34. The summed E-state index contributed by atoms with van der Waals surface area (Å²) in [7, 11) is 0. The molecule has 0 saturated carbocycles. The summed E-state index contributed by atoms with van der Waals surface area (Å²) in [5.41, 5.74) is 0.843. The van der Waals surface area contributed by atoms with Gasteiger partial charge < -0.3 is 0 Å². The van der Waals surface area contributed by atoms with Crippen LogP contribution in [0.15, 0.2) is 28.9 Å². The number of hydrogen-bond acceptors (Lipinski definition) is 6. The summed E-state index contributed by atoms with van der Waals surface area (Å²) in [4.78, 5) is 24.0.